The van der Waals surface area contributed by atoms with Gasteiger partial charge in [0.2, 0.25) is 0 Å². The minimum absolute atomic E-state index is 0.173. The number of imidazole rings is 1. The predicted octanol–water partition coefficient (Wildman–Crippen LogP) is 6.15. The average Bonchev–Trinajstić information content (AvgIpc) is 3.45. The third-order valence-electron chi connectivity index (χ3n) is 7.16. The normalized spacial score (nSPS) is 19.9. The van der Waals surface area contributed by atoms with Crippen molar-refractivity contribution in [2.75, 3.05) is 31.7 Å². The molecule has 0 saturated carbocycles. The molecule has 2 fully saturated rings. The molecule has 9 nitrogen and oxygen atoms in total. The number of methoxy groups -OCH3 is 1. The molecule has 2 saturated heterocycles. The first-order valence-electron chi connectivity index (χ1n) is 13.4. The monoisotopic (exact) mass is 615 g/mol. The highest BCUT2D eigenvalue weighted by Crippen LogP contribution is 2.38. The van der Waals surface area contributed by atoms with Crippen molar-refractivity contribution in [1.82, 2.24) is 19.4 Å². The topological polar surface area (TPSA) is 82.0 Å². The van der Waals surface area contributed by atoms with E-state index in [0.29, 0.717) is 49.4 Å². The number of fused-ring (bicyclic) bond motifs is 1. The lowest BCUT2D eigenvalue weighted by atomic mass is 10.2. The lowest BCUT2D eigenvalue weighted by Crippen LogP contribution is -2.48. The van der Waals surface area contributed by atoms with Crippen LogP contribution in [0.25, 0.3) is 22.4 Å². The fourth-order valence-corrected chi connectivity index (χ4v) is 5.68. The van der Waals surface area contributed by atoms with E-state index in [4.69, 9.17) is 24.2 Å². The molecule has 1 aromatic carbocycles. The third-order valence-corrected chi connectivity index (χ3v) is 7.74. The Morgan fingerprint density at radius 3 is 2.73 bits per heavy atom. The number of rotatable bonds is 5. The van der Waals surface area contributed by atoms with Crippen molar-refractivity contribution >= 4 is 38.9 Å². The summed E-state index contributed by atoms with van der Waals surface area (Å²) in [6.07, 6.45) is 2.96. The van der Waals surface area contributed by atoms with Crippen molar-refractivity contribution < 1.29 is 23.4 Å². The Hall–Kier alpha value is -3.18. The second-order valence-corrected chi connectivity index (χ2v) is 12.1. The second-order valence-electron chi connectivity index (χ2n) is 11.3. The van der Waals surface area contributed by atoms with Gasteiger partial charge in [-0.25, -0.2) is 19.2 Å². The SMILES string of the molecule is C=C1CC[C@H](C)N1c1ccc(-c2nc3c(F)c(Br)cc(OC)c3n2C[C@@H]2CN(C(=O)OC(C)(C)C)CCO2)cn1. The van der Waals surface area contributed by atoms with E-state index in [1.165, 1.54) is 7.11 Å². The average molecular weight is 617 g/mol. The molecule has 0 unspecified atom stereocenters. The van der Waals surface area contributed by atoms with Crippen LogP contribution in [0.3, 0.4) is 0 Å². The molecule has 2 aliphatic heterocycles. The maximum Gasteiger partial charge on any atom is 0.410 e. The standard InChI is InChI=1S/C29H35BrFN5O4/c1-17-7-8-18(2)36(17)23-10-9-19(14-32-23)27-33-25-24(31)21(30)13-22(38-6)26(25)35(27)16-20-15-34(11-12-39-20)28(37)40-29(3,4)5/h9-10,13-14,18,20H,1,7-8,11-12,15-16H2,2-6H3/t18-,20-/m0/s1. The van der Waals surface area contributed by atoms with Crippen LogP contribution in [0.15, 0.2) is 41.1 Å². The molecular formula is C29H35BrFN5O4. The molecule has 0 N–H and O–H groups in total. The van der Waals surface area contributed by atoms with E-state index >= 15 is 4.39 Å². The van der Waals surface area contributed by atoms with Crippen LogP contribution in [0, 0.1) is 5.82 Å². The number of carbonyl (C=O) groups excluding carboxylic acids is 1. The summed E-state index contributed by atoms with van der Waals surface area (Å²) >= 11 is 3.29. The Morgan fingerprint density at radius 2 is 2.10 bits per heavy atom. The fraction of sp³-hybridized carbons (Fsp3) is 0.483. The number of hydrogen-bond donors (Lipinski definition) is 0. The number of aromatic nitrogens is 3. The Balaban J connectivity index is 1.53. The van der Waals surface area contributed by atoms with E-state index in [-0.39, 0.29) is 22.2 Å². The summed E-state index contributed by atoms with van der Waals surface area (Å²) in [6.45, 7) is 13.3. The van der Waals surface area contributed by atoms with Crippen molar-refractivity contribution in [1.29, 1.82) is 0 Å². The lowest BCUT2D eigenvalue weighted by Gasteiger charge is -2.34. The molecule has 1 amide bonds. The Morgan fingerprint density at radius 1 is 1.32 bits per heavy atom. The number of anilines is 1. The molecule has 2 aromatic heterocycles. The highest BCUT2D eigenvalue weighted by Gasteiger charge is 2.31. The molecule has 4 heterocycles. The summed E-state index contributed by atoms with van der Waals surface area (Å²) in [5.41, 5.74) is 1.83. The number of benzene rings is 1. The van der Waals surface area contributed by atoms with Gasteiger partial charge < -0.3 is 28.6 Å². The quantitative estimate of drug-likeness (QED) is 0.340. The van der Waals surface area contributed by atoms with Crippen LogP contribution < -0.4 is 9.64 Å². The summed E-state index contributed by atoms with van der Waals surface area (Å²) in [5.74, 6) is 1.32. The number of morpholine rings is 1. The number of pyridine rings is 1. The van der Waals surface area contributed by atoms with Gasteiger partial charge in [0.25, 0.3) is 0 Å². The van der Waals surface area contributed by atoms with Gasteiger partial charge >= 0.3 is 6.09 Å². The summed E-state index contributed by atoms with van der Waals surface area (Å²) in [4.78, 5) is 26.0. The zero-order valence-corrected chi connectivity index (χ0v) is 25.1. The van der Waals surface area contributed by atoms with Crippen LogP contribution >= 0.6 is 15.9 Å². The zero-order valence-electron chi connectivity index (χ0n) is 23.5. The van der Waals surface area contributed by atoms with E-state index in [2.05, 4.69) is 34.3 Å². The molecule has 40 heavy (non-hydrogen) atoms. The molecule has 2 atom stereocenters. The molecule has 0 aliphatic carbocycles. The minimum Gasteiger partial charge on any atom is -0.494 e. The Bertz CT molecular complexity index is 1440. The zero-order chi connectivity index (χ0) is 28.8. The molecule has 0 bridgehead atoms. The molecule has 3 aromatic rings. The first-order valence-corrected chi connectivity index (χ1v) is 14.2. The van der Waals surface area contributed by atoms with E-state index in [1.807, 2.05) is 37.5 Å². The van der Waals surface area contributed by atoms with Gasteiger partial charge in [-0.3, -0.25) is 0 Å². The lowest BCUT2D eigenvalue weighted by molar-refractivity contribution is -0.0468. The highest BCUT2D eigenvalue weighted by atomic mass is 79.9. The summed E-state index contributed by atoms with van der Waals surface area (Å²) < 4.78 is 34.8. The molecule has 11 heteroatoms. The number of carbonyl (C=O) groups is 1. The van der Waals surface area contributed by atoms with Gasteiger partial charge in [0, 0.05) is 30.0 Å². The van der Waals surface area contributed by atoms with E-state index < -0.39 is 11.4 Å². The van der Waals surface area contributed by atoms with Crippen molar-refractivity contribution in [2.24, 2.45) is 0 Å². The number of hydrogen-bond acceptors (Lipinski definition) is 7. The molecule has 0 spiro atoms. The van der Waals surface area contributed by atoms with Crippen LogP contribution in [0.5, 0.6) is 5.75 Å². The number of nitrogens with zero attached hydrogens (tertiary/aromatic N) is 5. The number of allylic oxidation sites excluding steroid dienone is 1. The molecule has 5 rings (SSSR count). The van der Waals surface area contributed by atoms with Crippen LogP contribution in [0.2, 0.25) is 0 Å². The molecular weight excluding hydrogens is 581 g/mol. The maximum atomic E-state index is 15.4. The third kappa shape index (κ3) is 5.54. The van der Waals surface area contributed by atoms with Crippen molar-refractivity contribution in [3.05, 3.63) is 47.0 Å². The smallest absolute Gasteiger partial charge is 0.410 e. The van der Waals surface area contributed by atoms with Gasteiger partial charge in [-0.15, -0.1) is 0 Å². The van der Waals surface area contributed by atoms with Gasteiger partial charge in [0.1, 0.15) is 34.0 Å². The molecule has 214 valence electrons. The Kier molecular flexibility index (Phi) is 7.80. The summed E-state index contributed by atoms with van der Waals surface area (Å²) in [6, 6.07) is 5.79. The van der Waals surface area contributed by atoms with E-state index in [1.54, 1.807) is 17.2 Å². The van der Waals surface area contributed by atoms with Gasteiger partial charge in [-0.1, -0.05) is 6.58 Å². The van der Waals surface area contributed by atoms with Crippen LogP contribution in [0.4, 0.5) is 15.0 Å². The Labute approximate surface area is 242 Å². The largest absolute Gasteiger partial charge is 0.494 e. The van der Waals surface area contributed by atoms with Gasteiger partial charge in [-0.2, -0.15) is 0 Å². The summed E-state index contributed by atoms with van der Waals surface area (Å²) in [7, 11) is 1.54. The van der Waals surface area contributed by atoms with Gasteiger partial charge in [0.05, 0.1) is 37.4 Å². The van der Waals surface area contributed by atoms with Crippen LogP contribution in [-0.2, 0) is 16.0 Å². The fourth-order valence-electron chi connectivity index (χ4n) is 5.28. The predicted molar refractivity (Wildman–Crippen MR) is 155 cm³/mol. The summed E-state index contributed by atoms with van der Waals surface area (Å²) in [5, 5.41) is 0. The van der Waals surface area contributed by atoms with Gasteiger partial charge in [-0.05, 0) is 74.7 Å². The van der Waals surface area contributed by atoms with Crippen molar-refractivity contribution in [2.45, 2.75) is 64.8 Å². The first kappa shape index (κ1) is 28.4. The number of amides is 1. The maximum absolute atomic E-state index is 15.4. The highest BCUT2D eigenvalue weighted by molar-refractivity contribution is 9.10. The van der Waals surface area contributed by atoms with Crippen molar-refractivity contribution in [3.8, 4) is 17.1 Å². The second kappa shape index (κ2) is 11.0. The number of halogens is 2. The van der Waals surface area contributed by atoms with Crippen molar-refractivity contribution in [3.63, 3.8) is 0 Å². The van der Waals surface area contributed by atoms with E-state index in [9.17, 15) is 4.79 Å². The molecule has 0 radical (unpaired) electrons. The van der Waals surface area contributed by atoms with E-state index in [0.717, 1.165) is 29.9 Å². The minimum atomic E-state index is -0.602. The van der Waals surface area contributed by atoms with Gasteiger partial charge in [0.15, 0.2) is 5.82 Å². The van der Waals surface area contributed by atoms with Crippen LogP contribution in [-0.4, -0.2) is 70.1 Å². The molecule has 2 aliphatic rings. The first-order chi connectivity index (χ1) is 19.0. The number of ether oxygens (including phenoxy) is 3. The van der Waals surface area contributed by atoms with Crippen LogP contribution in [0.1, 0.15) is 40.5 Å².